The third kappa shape index (κ3) is 6.33. The number of hydrogen-bond donors (Lipinski definition) is 1. The number of ether oxygens (including phenoxy) is 1. The van der Waals surface area contributed by atoms with Crippen molar-refractivity contribution in [2.24, 2.45) is 5.92 Å². The summed E-state index contributed by atoms with van der Waals surface area (Å²) < 4.78 is 5.43. The van der Waals surface area contributed by atoms with Crippen molar-refractivity contribution < 1.29 is 14.3 Å². The van der Waals surface area contributed by atoms with Crippen molar-refractivity contribution in [3.05, 3.63) is 34.9 Å². The molecule has 1 amide bonds. The van der Waals surface area contributed by atoms with Gasteiger partial charge in [-0.15, -0.1) is 0 Å². The average Bonchev–Trinajstić information content (AvgIpc) is 2.94. The fourth-order valence-corrected chi connectivity index (χ4v) is 3.00. The van der Waals surface area contributed by atoms with Crippen molar-refractivity contribution in [2.45, 2.75) is 45.8 Å². The topological polar surface area (TPSA) is 58.6 Å². The third-order valence-electron chi connectivity index (χ3n) is 4.13. The highest BCUT2D eigenvalue weighted by Crippen LogP contribution is 2.21. The van der Waals surface area contributed by atoms with E-state index in [1.54, 1.807) is 0 Å². The van der Waals surface area contributed by atoms with E-state index in [9.17, 15) is 9.59 Å². The van der Waals surface area contributed by atoms with E-state index in [2.05, 4.69) is 5.32 Å². The molecule has 0 aliphatic carbocycles. The van der Waals surface area contributed by atoms with Crippen molar-refractivity contribution in [2.75, 3.05) is 19.6 Å². The van der Waals surface area contributed by atoms with Gasteiger partial charge < -0.3 is 10.1 Å². The minimum atomic E-state index is -0.476. The number of halogens is 1. The first-order valence-corrected chi connectivity index (χ1v) is 9.02. The molecule has 25 heavy (non-hydrogen) atoms. The van der Waals surface area contributed by atoms with E-state index >= 15 is 0 Å². The number of benzene rings is 1. The van der Waals surface area contributed by atoms with Crippen LogP contribution in [0.25, 0.3) is 0 Å². The predicted molar refractivity (Wildman–Crippen MR) is 98.4 cm³/mol. The van der Waals surface area contributed by atoms with Crippen LogP contribution in [-0.4, -0.2) is 42.0 Å². The molecule has 5 nitrogen and oxygen atoms in total. The number of amides is 1. The van der Waals surface area contributed by atoms with E-state index in [4.69, 9.17) is 16.3 Å². The molecular weight excluding hydrogens is 340 g/mol. The minimum absolute atomic E-state index is 0.0488. The second-order valence-electron chi connectivity index (χ2n) is 7.59. The number of likely N-dealkylation sites (tertiary alicyclic amines) is 1. The van der Waals surface area contributed by atoms with Crippen molar-refractivity contribution in [1.29, 1.82) is 0 Å². The zero-order valence-electron chi connectivity index (χ0n) is 15.3. The fourth-order valence-electron chi connectivity index (χ4n) is 2.88. The maximum Gasteiger partial charge on any atom is 0.310 e. The second kappa shape index (κ2) is 8.19. The van der Waals surface area contributed by atoms with Crippen molar-refractivity contribution in [3.8, 4) is 0 Å². The maximum absolute atomic E-state index is 12.3. The lowest BCUT2D eigenvalue weighted by Crippen LogP contribution is -2.38. The van der Waals surface area contributed by atoms with Gasteiger partial charge in [0, 0.05) is 11.6 Å². The molecule has 1 aromatic rings. The molecule has 0 unspecified atom stereocenters. The van der Waals surface area contributed by atoms with Gasteiger partial charge in [0.25, 0.3) is 0 Å². The molecular formula is C19H27ClN2O3. The van der Waals surface area contributed by atoms with Crippen LogP contribution in [0.3, 0.4) is 0 Å². The van der Waals surface area contributed by atoms with Gasteiger partial charge in [-0.1, -0.05) is 23.7 Å². The first-order chi connectivity index (χ1) is 11.6. The molecule has 1 N–H and O–H groups in total. The summed E-state index contributed by atoms with van der Waals surface area (Å²) in [5.74, 6) is -0.377. The Morgan fingerprint density at radius 2 is 1.96 bits per heavy atom. The summed E-state index contributed by atoms with van der Waals surface area (Å²) in [6, 6.07) is 7.34. The SMILES string of the molecule is C[C@@H](NC(=O)CN1CC[C@H](C(=O)OC(C)(C)C)C1)c1ccc(Cl)cc1. The summed E-state index contributed by atoms with van der Waals surface area (Å²) >= 11 is 5.88. The number of esters is 1. The normalized spacial score (nSPS) is 19.5. The van der Waals surface area contributed by atoms with E-state index < -0.39 is 5.60 Å². The molecule has 0 saturated carbocycles. The van der Waals surface area contributed by atoms with E-state index in [1.807, 2.05) is 56.9 Å². The molecule has 0 spiro atoms. The number of nitrogens with zero attached hydrogens (tertiary/aromatic N) is 1. The second-order valence-corrected chi connectivity index (χ2v) is 8.03. The molecule has 0 radical (unpaired) electrons. The molecule has 1 aliphatic heterocycles. The smallest absolute Gasteiger partial charge is 0.310 e. The third-order valence-corrected chi connectivity index (χ3v) is 4.38. The Kier molecular flexibility index (Phi) is 6.47. The summed E-state index contributed by atoms with van der Waals surface area (Å²) in [5.41, 5.74) is 0.529. The molecule has 2 atom stereocenters. The summed E-state index contributed by atoms with van der Waals surface area (Å²) in [6.45, 7) is 9.12. The number of nitrogens with one attached hydrogen (secondary N) is 1. The predicted octanol–water partition coefficient (Wildman–Crippen LogP) is 3.18. The van der Waals surface area contributed by atoms with Crippen LogP contribution >= 0.6 is 11.6 Å². The van der Waals surface area contributed by atoms with Crippen LogP contribution in [0.2, 0.25) is 5.02 Å². The zero-order valence-corrected chi connectivity index (χ0v) is 16.1. The van der Waals surface area contributed by atoms with E-state index in [0.717, 1.165) is 18.5 Å². The van der Waals surface area contributed by atoms with E-state index in [1.165, 1.54) is 0 Å². The molecule has 2 rings (SSSR count). The van der Waals surface area contributed by atoms with Crippen molar-refractivity contribution in [1.82, 2.24) is 10.2 Å². The lowest BCUT2D eigenvalue weighted by atomic mass is 10.1. The van der Waals surface area contributed by atoms with Crippen LogP contribution in [0.1, 0.15) is 45.7 Å². The molecule has 1 aliphatic rings. The van der Waals surface area contributed by atoms with Crippen LogP contribution in [0.15, 0.2) is 24.3 Å². The lowest BCUT2D eigenvalue weighted by molar-refractivity contribution is -0.159. The molecule has 0 aromatic heterocycles. The van der Waals surface area contributed by atoms with Gasteiger partial charge in [0.2, 0.25) is 5.91 Å². The maximum atomic E-state index is 12.3. The molecule has 1 fully saturated rings. The van der Waals surface area contributed by atoms with Gasteiger partial charge in [-0.25, -0.2) is 0 Å². The van der Waals surface area contributed by atoms with Gasteiger partial charge in [0.05, 0.1) is 18.5 Å². The Labute approximate surface area is 154 Å². The standard InChI is InChI=1S/C19H27ClN2O3/c1-13(14-5-7-16(20)8-6-14)21-17(23)12-22-10-9-15(11-22)18(24)25-19(2,3)4/h5-8,13,15H,9-12H2,1-4H3,(H,21,23)/t13-,15+/m1/s1. The van der Waals surface area contributed by atoms with E-state index in [0.29, 0.717) is 11.6 Å². The van der Waals surface area contributed by atoms with Gasteiger partial charge in [0.15, 0.2) is 0 Å². The highest BCUT2D eigenvalue weighted by Gasteiger charge is 2.32. The van der Waals surface area contributed by atoms with Crippen LogP contribution < -0.4 is 5.32 Å². The van der Waals surface area contributed by atoms with Gasteiger partial charge >= 0.3 is 5.97 Å². The monoisotopic (exact) mass is 366 g/mol. The van der Waals surface area contributed by atoms with Gasteiger partial charge in [0.1, 0.15) is 5.60 Å². The summed E-state index contributed by atoms with van der Waals surface area (Å²) in [7, 11) is 0. The number of carbonyl (C=O) groups is 2. The largest absolute Gasteiger partial charge is 0.460 e. The molecule has 6 heteroatoms. The molecule has 1 aromatic carbocycles. The first kappa shape index (κ1) is 19.7. The minimum Gasteiger partial charge on any atom is -0.460 e. The fraction of sp³-hybridized carbons (Fsp3) is 0.579. The average molecular weight is 367 g/mol. The molecule has 1 saturated heterocycles. The Balaban J connectivity index is 1.79. The van der Waals surface area contributed by atoms with Crippen LogP contribution in [-0.2, 0) is 14.3 Å². The quantitative estimate of drug-likeness (QED) is 0.813. The van der Waals surface area contributed by atoms with E-state index in [-0.39, 0.29) is 30.4 Å². The van der Waals surface area contributed by atoms with Crippen molar-refractivity contribution >= 4 is 23.5 Å². The Bertz CT molecular complexity index is 610. The Morgan fingerprint density at radius 1 is 1.32 bits per heavy atom. The van der Waals surface area contributed by atoms with Gasteiger partial charge in [-0.2, -0.15) is 0 Å². The number of carbonyl (C=O) groups excluding carboxylic acids is 2. The Morgan fingerprint density at radius 3 is 2.56 bits per heavy atom. The van der Waals surface area contributed by atoms with Gasteiger partial charge in [-0.05, 0) is 58.4 Å². The zero-order chi connectivity index (χ0) is 18.6. The summed E-state index contributed by atoms with van der Waals surface area (Å²) in [4.78, 5) is 26.4. The summed E-state index contributed by atoms with van der Waals surface area (Å²) in [6.07, 6.45) is 0.731. The van der Waals surface area contributed by atoms with Gasteiger partial charge in [-0.3, -0.25) is 14.5 Å². The van der Waals surface area contributed by atoms with Crippen molar-refractivity contribution in [3.63, 3.8) is 0 Å². The highest BCUT2D eigenvalue weighted by molar-refractivity contribution is 6.30. The van der Waals surface area contributed by atoms with Crippen LogP contribution in [0.4, 0.5) is 0 Å². The number of rotatable bonds is 5. The molecule has 138 valence electrons. The van der Waals surface area contributed by atoms with Crippen LogP contribution in [0.5, 0.6) is 0 Å². The first-order valence-electron chi connectivity index (χ1n) is 8.64. The number of hydrogen-bond acceptors (Lipinski definition) is 4. The summed E-state index contributed by atoms with van der Waals surface area (Å²) in [5, 5.41) is 3.66. The molecule has 0 bridgehead atoms. The lowest BCUT2D eigenvalue weighted by Gasteiger charge is -2.22. The highest BCUT2D eigenvalue weighted by atomic mass is 35.5. The Hall–Kier alpha value is -1.59. The molecule has 1 heterocycles. The van der Waals surface area contributed by atoms with Crippen LogP contribution in [0, 0.1) is 5.92 Å².